The van der Waals surface area contributed by atoms with Crippen molar-refractivity contribution in [3.05, 3.63) is 67.9 Å². The van der Waals surface area contributed by atoms with Crippen LogP contribution in [0.3, 0.4) is 0 Å². The van der Waals surface area contributed by atoms with Gasteiger partial charge in [0.1, 0.15) is 11.7 Å². The number of hydrogen-bond donors (Lipinski definition) is 2. The van der Waals surface area contributed by atoms with Gasteiger partial charge in [0.25, 0.3) is 0 Å². The molecule has 38 heavy (non-hydrogen) atoms. The molecule has 10 heteroatoms. The topological polar surface area (TPSA) is 134 Å². The first-order chi connectivity index (χ1) is 18.3. The van der Waals surface area contributed by atoms with Crippen molar-refractivity contribution in [3.8, 4) is 28.1 Å². The maximum Gasteiger partial charge on any atom is 0.324 e. The number of aromatic nitrogens is 4. The summed E-state index contributed by atoms with van der Waals surface area (Å²) in [5.41, 5.74) is 10.5. The zero-order valence-electron chi connectivity index (χ0n) is 21.5. The highest BCUT2D eigenvalue weighted by Gasteiger charge is 2.22. The van der Waals surface area contributed by atoms with Gasteiger partial charge in [-0.25, -0.2) is 9.97 Å². The quantitative estimate of drug-likeness (QED) is 0.238. The van der Waals surface area contributed by atoms with Crippen LogP contribution in [0.5, 0.6) is 5.88 Å². The molecule has 4 aromatic rings. The third-order valence-corrected chi connectivity index (χ3v) is 6.37. The van der Waals surface area contributed by atoms with Gasteiger partial charge in [-0.2, -0.15) is 0 Å². The number of fused-ring (bicyclic) bond motifs is 1. The van der Waals surface area contributed by atoms with Gasteiger partial charge in [-0.1, -0.05) is 26.8 Å². The van der Waals surface area contributed by atoms with Gasteiger partial charge in [0.05, 0.1) is 19.0 Å². The molecule has 2 unspecified atom stereocenters. The highest BCUT2D eigenvalue weighted by atomic mass is 16.5. The summed E-state index contributed by atoms with van der Waals surface area (Å²) in [6.45, 7) is 7.33. The Bertz CT molecular complexity index is 1480. The van der Waals surface area contributed by atoms with Crippen molar-refractivity contribution in [3.63, 3.8) is 0 Å². The van der Waals surface area contributed by atoms with Crippen LogP contribution in [-0.4, -0.2) is 44.5 Å². The molecule has 2 atom stereocenters. The molecule has 0 aliphatic heterocycles. The van der Waals surface area contributed by atoms with Crippen molar-refractivity contribution in [1.82, 2.24) is 19.5 Å². The lowest BCUT2D eigenvalue weighted by molar-refractivity contribution is -0.150. The van der Waals surface area contributed by atoms with E-state index in [-0.39, 0.29) is 18.6 Å². The van der Waals surface area contributed by atoms with Crippen molar-refractivity contribution in [2.45, 2.75) is 33.0 Å². The smallest absolute Gasteiger partial charge is 0.324 e. The summed E-state index contributed by atoms with van der Waals surface area (Å²) in [7, 11) is 1.56. The molecule has 0 aliphatic carbocycles. The number of nitrogens with zero attached hydrogens (tertiary/aromatic N) is 4. The van der Waals surface area contributed by atoms with Crippen molar-refractivity contribution >= 4 is 28.6 Å². The number of amides is 1. The number of esters is 1. The largest absolute Gasteiger partial charge is 0.481 e. The van der Waals surface area contributed by atoms with E-state index in [0.717, 1.165) is 34.1 Å². The van der Waals surface area contributed by atoms with Gasteiger partial charge in [-0.15, -0.1) is 0 Å². The second-order valence-electron chi connectivity index (χ2n) is 8.85. The number of anilines is 1. The van der Waals surface area contributed by atoms with Gasteiger partial charge in [0.15, 0.2) is 6.73 Å². The van der Waals surface area contributed by atoms with Gasteiger partial charge >= 0.3 is 5.97 Å². The molecule has 0 aliphatic rings. The molecule has 0 bridgehead atoms. The molecule has 10 nitrogen and oxygen atoms in total. The Balaban J connectivity index is 1.75. The summed E-state index contributed by atoms with van der Waals surface area (Å²) >= 11 is 0. The lowest BCUT2D eigenvalue weighted by Crippen LogP contribution is -2.38. The second-order valence-corrected chi connectivity index (χ2v) is 8.85. The van der Waals surface area contributed by atoms with Gasteiger partial charge < -0.3 is 20.5 Å². The molecule has 1 amide bonds. The van der Waals surface area contributed by atoms with E-state index < -0.39 is 12.0 Å². The fourth-order valence-corrected chi connectivity index (χ4v) is 3.92. The normalized spacial score (nSPS) is 12.5. The zero-order chi connectivity index (χ0) is 27.2. The van der Waals surface area contributed by atoms with Crippen LogP contribution in [0.1, 0.15) is 20.3 Å². The number of hydrogen-bond acceptors (Lipinski definition) is 8. The maximum absolute atomic E-state index is 12.5. The molecule has 0 saturated carbocycles. The number of nitrogens with two attached hydrogens (primary N) is 1. The minimum atomic E-state index is -0.702. The molecule has 4 heterocycles. The Labute approximate surface area is 220 Å². The van der Waals surface area contributed by atoms with Crippen LogP contribution >= 0.6 is 0 Å². The summed E-state index contributed by atoms with van der Waals surface area (Å²) in [6, 6.07) is 6.77. The van der Waals surface area contributed by atoms with Gasteiger partial charge in [0, 0.05) is 52.9 Å². The van der Waals surface area contributed by atoms with Crippen molar-refractivity contribution < 1.29 is 19.1 Å². The lowest BCUT2D eigenvalue weighted by atomic mass is 10.0. The van der Waals surface area contributed by atoms with E-state index in [1.54, 1.807) is 42.5 Å². The van der Waals surface area contributed by atoms with Crippen LogP contribution in [0.2, 0.25) is 0 Å². The van der Waals surface area contributed by atoms with E-state index in [0.29, 0.717) is 17.2 Å². The Morgan fingerprint density at radius 1 is 1.16 bits per heavy atom. The molecule has 0 radical (unpaired) electrons. The molecule has 0 spiro atoms. The minimum Gasteiger partial charge on any atom is -0.481 e. The second kappa shape index (κ2) is 11.7. The number of carbonyl (C=O) groups is 2. The monoisotopic (exact) mass is 514 g/mol. The summed E-state index contributed by atoms with van der Waals surface area (Å²) in [5, 5.41) is 3.54. The molecule has 196 valence electrons. The van der Waals surface area contributed by atoms with Gasteiger partial charge in [-0.3, -0.25) is 19.1 Å². The number of pyridine rings is 3. The van der Waals surface area contributed by atoms with Crippen LogP contribution in [-0.2, 0) is 21.1 Å². The summed E-state index contributed by atoms with van der Waals surface area (Å²) in [4.78, 5) is 37.4. The Morgan fingerprint density at radius 2 is 1.95 bits per heavy atom. The number of methoxy groups -OCH3 is 1. The summed E-state index contributed by atoms with van der Waals surface area (Å²) in [5.74, 6) is -0.320. The third kappa shape index (κ3) is 5.70. The van der Waals surface area contributed by atoms with E-state index in [4.69, 9.17) is 15.2 Å². The Hall–Kier alpha value is -4.57. The van der Waals surface area contributed by atoms with Crippen molar-refractivity contribution in [2.75, 3.05) is 12.4 Å². The van der Waals surface area contributed by atoms with E-state index in [2.05, 4.69) is 26.8 Å². The zero-order valence-corrected chi connectivity index (χ0v) is 21.5. The molecule has 3 N–H and O–H groups in total. The van der Waals surface area contributed by atoms with Crippen LogP contribution in [0, 0.1) is 5.92 Å². The number of carbonyl (C=O) groups excluding carboxylic acids is 2. The molecular formula is C28H30N6O4. The molecule has 4 rings (SSSR count). The molecular weight excluding hydrogens is 484 g/mol. The fraction of sp³-hybridized carbons (Fsp3) is 0.250. The molecule has 0 saturated heterocycles. The predicted molar refractivity (Wildman–Crippen MR) is 145 cm³/mol. The fourth-order valence-electron chi connectivity index (χ4n) is 3.92. The summed E-state index contributed by atoms with van der Waals surface area (Å²) < 4.78 is 12.6. The first-order valence-corrected chi connectivity index (χ1v) is 12.1. The van der Waals surface area contributed by atoms with Crippen LogP contribution in [0.4, 0.5) is 5.69 Å². The van der Waals surface area contributed by atoms with Crippen LogP contribution < -0.4 is 15.8 Å². The predicted octanol–water partition coefficient (Wildman–Crippen LogP) is 4.17. The van der Waals surface area contributed by atoms with Gasteiger partial charge in [-0.05, 0) is 35.8 Å². The average molecular weight is 515 g/mol. The highest BCUT2D eigenvalue weighted by molar-refractivity contribution is 5.99. The van der Waals surface area contributed by atoms with Crippen LogP contribution in [0.25, 0.3) is 33.3 Å². The summed E-state index contributed by atoms with van der Waals surface area (Å²) in [6.07, 6.45) is 10.5. The van der Waals surface area contributed by atoms with Crippen molar-refractivity contribution in [1.29, 1.82) is 0 Å². The standard InChI is InChI=1S/C28H30N6O4/c1-5-17(3)26(29)28(36)38-16-34-15-23(18-7-8-31-25(11-18)37-4)22-10-20(13-32-27(22)34)19-9-21(14-30-12-19)33-24(35)6-2/h6-15,17,26H,2,5,16,29H2,1,3-4H3,(H,33,35). The van der Waals surface area contributed by atoms with E-state index in [9.17, 15) is 9.59 Å². The Kier molecular flexibility index (Phi) is 8.12. The first kappa shape index (κ1) is 26.5. The first-order valence-electron chi connectivity index (χ1n) is 12.1. The van der Waals surface area contributed by atoms with E-state index in [1.165, 1.54) is 6.08 Å². The number of rotatable bonds is 10. The van der Waals surface area contributed by atoms with E-state index in [1.807, 2.05) is 38.2 Å². The average Bonchev–Trinajstić information content (AvgIpc) is 3.32. The van der Waals surface area contributed by atoms with Crippen molar-refractivity contribution in [2.24, 2.45) is 11.7 Å². The SMILES string of the molecule is C=CC(=O)Nc1cncc(-c2cnc3c(c2)c(-c2ccnc(OC)c2)cn3COC(=O)C(N)C(C)CC)c1. The molecule has 4 aromatic heterocycles. The molecule has 0 fully saturated rings. The minimum absolute atomic E-state index is 0.00469. The third-order valence-electron chi connectivity index (χ3n) is 6.37. The highest BCUT2D eigenvalue weighted by Crippen LogP contribution is 2.34. The number of nitrogens with one attached hydrogen (secondary N) is 1. The lowest BCUT2D eigenvalue weighted by Gasteiger charge is -2.17. The Morgan fingerprint density at radius 3 is 2.68 bits per heavy atom. The van der Waals surface area contributed by atoms with Gasteiger partial charge in [0.2, 0.25) is 11.8 Å². The van der Waals surface area contributed by atoms with Crippen LogP contribution in [0.15, 0.2) is 67.9 Å². The number of ether oxygens (including phenoxy) is 2. The maximum atomic E-state index is 12.5. The molecule has 0 aromatic carbocycles. The van der Waals surface area contributed by atoms with E-state index >= 15 is 0 Å².